The minimum Gasteiger partial charge on any atom is -0.462 e. The molecule has 352 valence electrons. The molecule has 6 nitrogen and oxygen atoms in total. The molecule has 0 fully saturated rings. The van der Waals surface area contributed by atoms with Gasteiger partial charge < -0.3 is 14.2 Å². The van der Waals surface area contributed by atoms with Crippen molar-refractivity contribution in [2.45, 2.75) is 258 Å². The van der Waals surface area contributed by atoms with Crippen molar-refractivity contribution in [1.82, 2.24) is 0 Å². The normalized spacial score (nSPS) is 12.5. The summed E-state index contributed by atoms with van der Waals surface area (Å²) < 4.78 is 16.8. The molecule has 0 N–H and O–H groups in total. The molecular weight excluding hydrogens is 757 g/mol. The fourth-order valence-corrected chi connectivity index (χ4v) is 7.07. The lowest BCUT2D eigenvalue weighted by molar-refractivity contribution is -0.167. The highest BCUT2D eigenvalue weighted by atomic mass is 16.6. The summed E-state index contributed by atoms with van der Waals surface area (Å²) in [6.07, 6.45) is 60.5. The first-order valence-corrected chi connectivity index (χ1v) is 25.8. The van der Waals surface area contributed by atoms with E-state index >= 15 is 0 Å². The van der Waals surface area contributed by atoms with Gasteiger partial charge in [-0.3, -0.25) is 14.4 Å². The number of esters is 3. The molecule has 0 rings (SSSR count). The van der Waals surface area contributed by atoms with E-state index in [2.05, 4.69) is 81.5 Å². The first-order chi connectivity index (χ1) is 30.0. The number of rotatable bonds is 46. The van der Waals surface area contributed by atoms with E-state index in [1.54, 1.807) is 0 Å². The van der Waals surface area contributed by atoms with Crippen molar-refractivity contribution in [3.8, 4) is 0 Å². The van der Waals surface area contributed by atoms with E-state index in [0.717, 1.165) is 103 Å². The van der Waals surface area contributed by atoms with Crippen molar-refractivity contribution in [3.05, 3.63) is 60.8 Å². The van der Waals surface area contributed by atoms with E-state index in [-0.39, 0.29) is 31.1 Å². The first kappa shape index (κ1) is 58.1. The molecule has 0 amide bonds. The molecule has 0 unspecified atom stereocenters. The summed E-state index contributed by atoms with van der Waals surface area (Å²) in [7, 11) is 0. The predicted molar refractivity (Wildman–Crippen MR) is 261 cm³/mol. The van der Waals surface area contributed by atoms with Gasteiger partial charge in [0.15, 0.2) is 6.10 Å². The van der Waals surface area contributed by atoms with Crippen LogP contribution in [0.1, 0.15) is 252 Å². The van der Waals surface area contributed by atoms with Crippen molar-refractivity contribution < 1.29 is 28.6 Å². The van der Waals surface area contributed by atoms with Gasteiger partial charge in [0, 0.05) is 19.3 Å². The molecule has 0 bridgehead atoms. The summed E-state index contributed by atoms with van der Waals surface area (Å²) in [6, 6.07) is 0. The highest BCUT2D eigenvalue weighted by molar-refractivity contribution is 5.71. The van der Waals surface area contributed by atoms with E-state index in [9.17, 15) is 14.4 Å². The summed E-state index contributed by atoms with van der Waals surface area (Å²) in [6.45, 7) is 6.55. The first-order valence-electron chi connectivity index (χ1n) is 25.8. The van der Waals surface area contributed by atoms with Crippen LogP contribution < -0.4 is 0 Å². The molecule has 61 heavy (non-hydrogen) atoms. The lowest BCUT2D eigenvalue weighted by Gasteiger charge is -2.18. The zero-order valence-electron chi connectivity index (χ0n) is 40.2. The molecule has 0 aromatic rings. The Morgan fingerprint density at radius 1 is 0.328 bits per heavy atom. The third-order valence-corrected chi connectivity index (χ3v) is 11.0. The minimum atomic E-state index is -0.789. The molecule has 0 saturated heterocycles. The fraction of sp³-hybridized carbons (Fsp3) is 0.764. The monoisotopic (exact) mass is 853 g/mol. The van der Waals surface area contributed by atoms with Gasteiger partial charge in [0.05, 0.1) is 0 Å². The van der Waals surface area contributed by atoms with Crippen LogP contribution in [0.2, 0.25) is 0 Å². The Morgan fingerprint density at radius 2 is 0.590 bits per heavy atom. The summed E-state index contributed by atoms with van der Waals surface area (Å²) >= 11 is 0. The molecule has 0 spiro atoms. The van der Waals surface area contributed by atoms with Gasteiger partial charge in [0.1, 0.15) is 13.2 Å². The van der Waals surface area contributed by atoms with Crippen LogP contribution in [0.3, 0.4) is 0 Å². The second kappa shape index (κ2) is 49.8. The maximum Gasteiger partial charge on any atom is 0.306 e. The average molecular weight is 853 g/mol. The van der Waals surface area contributed by atoms with Crippen LogP contribution in [-0.4, -0.2) is 37.2 Å². The van der Waals surface area contributed by atoms with Crippen LogP contribution in [-0.2, 0) is 28.6 Å². The summed E-state index contributed by atoms with van der Waals surface area (Å²) in [4.78, 5) is 37.9. The molecule has 0 radical (unpaired) electrons. The van der Waals surface area contributed by atoms with E-state index in [0.29, 0.717) is 19.3 Å². The Morgan fingerprint density at radius 3 is 0.951 bits per heavy atom. The van der Waals surface area contributed by atoms with Gasteiger partial charge in [-0.05, 0) is 89.9 Å². The average Bonchev–Trinajstić information content (AvgIpc) is 3.26. The van der Waals surface area contributed by atoms with Crippen LogP contribution in [0.5, 0.6) is 0 Å². The summed E-state index contributed by atoms with van der Waals surface area (Å²) in [5.74, 6) is -0.920. The van der Waals surface area contributed by atoms with E-state index < -0.39 is 6.10 Å². The number of ether oxygens (including phenoxy) is 3. The molecular formula is C55H96O6. The van der Waals surface area contributed by atoms with Crippen molar-refractivity contribution in [2.24, 2.45) is 0 Å². The van der Waals surface area contributed by atoms with Crippen molar-refractivity contribution in [2.75, 3.05) is 13.2 Å². The van der Waals surface area contributed by atoms with Crippen LogP contribution >= 0.6 is 0 Å². The lowest BCUT2D eigenvalue weighted by atomic mass is 10.1. The number of hydrogen-bond donors (Lipinski definition) is 0. The molecule has 0 aromatic carbocycles. The standard InChI is InChI=1S/C55H96O6/c1-4-7-10-13-16-19-22-24-26-27-29-31-34-37-40-43-46-49-55(58)61-52(50-59-53(56)47-44-41-38-35-32-21-18-15-12-9-6-3)51-60-54(57)48-45-42-39-36-33-30-28-25-23-20-17-14-11-8-5-2/h16-17,19-20,24-26,28-29,31,52H,4-15,18,21-23,27,30,32-51H2,1-3H3/b19-16-,20-17-,26-24-,28-25-,31-29-/t52-/m0/s1. The quantitative estimate of drug-likeness (QED) is 0.0263. The maximum absolute atomic E-state index is 12.8. The topological polar surface area (TPSA) is 78.9 Å². The zero-order valence-corrected chi connectivity index (χ0v) is 40.2. The Kier molecular flexibility index (Phi) is 47.4. The second-order valence-electron chi connectivity index (χ2n) is 17.1. The SMILES string of the molecule is CCCCC/C=C\C/C=C\C/C=C\CCCCCCC(=O)O[C@H](COC(=O)CCCCCCC/C=C\C/C=C\CCCCC)COC(=O)CCCCCCCCCCCCC. The summed E-state index contributed by atoms with van der Waals surface area (Å²) in [5, 5.41) is 0. The zero-order chi connectivity index (χ0) is 44.4. The fourth-order valence-electron chi connectivity index (χ4n) is 7.07. The molecule has 1 atom stereocenters. The number of allylic oxidation sites excluding steroid dienone is 10. The maximum atomic E-state index is 12.8. The second-order valence-corrected chi connectivity index (χ2v) is 17.1. The highest BCUT2D eigenvalue weighted by Gasteiger charge is 2.19. The number of carbonyl (C=O) groups is 3. The van der Waals surface area contributed by atoms with Crippen LogP contribution in [0, 0.1) is 0 Å². The van der Waals surface area contributed by atoms with Crippen molar-refractivity contribution in [3.63, 3.8) is 0 Å². The number of hydrogen-bond acceptors (Lipinski definition) is 6. The van der Waals surface area contributed by atoms with Gasteiger partial charge in [-0.25, -0.2) is 0 Å². The van der Waals surface area contributed by atoms with Crippen LogP contribution in [0.25, 0.3) is 0 Å². The third kappa shape index (κ3) is 48.0. The molecule has 6 heteroatoms. The van der Waals surface area contributed by atoms with Gasteiger partial charge >= 0.3 is 17.9 Å². The molecule has 0 saturated carbocycles. The minimum absolute atomic E-state index is 0.0865. The molecule has 0 heterocycles. The molecule has 0 aliphatic carbocycles. The number of carbonyl (C=O) groups excluding carboxylic acids is 3. The Hall–Kier alpha value is -2.89. The van der Waals surface area contributed by atoms with Crippen molar-refractivity contribution in [1.29, 1.82) is 0 Å². The smallest absolute Gasteiger partial charge is 0.306 e. The van der Waals surface area contributed by atoms with Crippen LogP contribution in [0.4, 0.5) is 0 Å². The van der Waals surface area contributed by atoms with E-state index in [4.69, 9.17) is 14.2 Å². The van der Waals surface area contributed by atoms with Gasteiger partial charge in [-0.2, -0.15) is 0 Å². The molecule has 0 aliphatic rings. The Labute approximate surface area is 377 Å². The van der Waals surface area contributed by atoms with E-state index in [1.165, 1.54) is 109 Å². The third-order valence-electron chi connectivity index (χ3n) is 11.0. The van der Waals surface area contributed by atoms with E-state index in [1.807, 2.05) is 0 Å². The van der Waals surface area contributed by atoms with Crippen LogP contribution in [0.15, 0.2) is 60.8 Å². The lowest BCUT2D eigenvalue weighted by Crippen LogP contribution is -2.30. The van der Waals surface area contributed by atoms with Gasteiger partial charge in [0.2, 0.25) is 0 Å². The van der Waals surface area contributed by atoms with Gasteiger partial charge in [-0.1, -0.05) is 204 Å². The molecule has 0 aliphatic heterocycles. The largest absolute Gasteiger partial charge is 0.462 e. The van der Waals surface area contributed by atoms with Crippen molar-refractivity contribution >= 4 is 17.9 Å². The Balaban J connectivity index is 4.43. The summed E-state index contributed by atoms with van der Waals surface area (Å²) in [5.41, 5.74) is 0. The predicted octanol–water partition coefficient (Wildman–Crippen LogP) is 16.9. The number of unbranched alkanes of at least 4 members (excludes halogenated alkanes) is 25. The molecule has 0 aromatic heterocycles. The van der Waals surface area contributed by atoms with Gasteiger partial charge in [0.25, 0.3) is 0 Å². The highest BCUT2D eigenvalue weighted by Crippen LogP contribution is 2.14. The Bertz CT molecular complexity index is 1120. The van der Waals surface area contributed by atoms with Gasteiger partial charge in [-0.15, -0.1) is 0 Å².